The Balaban J connectivity index is 1.91. The Kier molecular flexibility index (Phi) is 3.43. The number of aryl methyl sites for hydroxylation is 1. The van der Waals surface area contributed by atoms with Crippen molar-refractivity contribution in [2.24, 2.45) is 11.7 Å². The van der Waals surface area contributed by atoms with Gasteiger partial charge in [0.25, 0.3) is 0 Å². The van der Waals surface area contributed by atoms with Crippen molar-refractivity contribution in [1.29, 1.82) is 0 Å². The van der Waals surface area contributed by atoms with E-state index in [2.05, 4.69) is 24.3 Å². The molecule has 0 aromatic heterocycles. The van der Waals surface area contributed by atoms with Crippen molar-refractivity contribution in [3.8, 4) is 0 Å². The molecule has 2 N–H and O–H groups in total. The minimum absolute atomic E-state index is 0.295. The van der Waals surface area contributed by atoms with E-state index >= 15 is 0 Å². The van der Waals surface area contributed by atoms with Crippen LogP contribution in [0.2, 0.25) is 0 Å². The fraction of sp³-hybridized carbons (Fsp3) is 0.647. The lowest BCUT2D eigenvalue weighted by Crippen LogP contribution is -2.40. The first-order chi connectivity index (χ1) is 8.84. The van der Waals surface area contributed by atoms with Crippen LogP contribution in [0.15, 0.2) is 24.3 Å². The molecule has 18 heavy (non-hydrogen) atoms. The third-order valence-electron chi connectivity index (χ3n) is 5.24. The number of nitrogens with two attached hydrogens (primary N) is 1. The smallest absolute Gasteiger partial charge is 0.00810 e. The van der Waals surface area contributed by atoms with Crippen molar-refractivity contribution in [2.45, 2.75) is 56.8 Å². The molecule has 2 aliphatic rings. The second-order valence-electron chi connectivity index (χ2n) is 6.35. The Morgan fingerprint density at radius 3 is 2.67 bits per heavy atom. The van der Waals surface area contributed by atoms with Gasteiger partial charge >= 0.3 is 0 Å². The van der Waals surface area contributed by atoms with E-state index in [1.807, 2.05) is 0 Å². The van der Waals surface area contributed by atoms with Gasteiger partial charge in [0.05, 0.1) is 0 Å². The monoisotopic (exact) mass is 243 g/mol. The molecule has 0 heterocycles. The number of hydrogen-bond acceptors (Lipinski definition) is 1. The van der Waals surface area contributed by atoms with Crippen LogP contribution in [0.4, 0.5) is 0 Å². The first kappa shape index (κ1) is 12.2. The van der Waals surface area contributed by atoms with Crippen molar-refractivity contribution in [3.05, 3.63) is 35.4 Å². The maximum atomic E-state index is 6.23. The van der Waals surface area contributed by atoms with Gasteiger partial charge < -0.3 is 5.73 Å². The summed E-state index contributed by atoms with van der Waals surface area (Å²) in [5, 5.41) is 0. The summed E-state index contributed by atoms with van der Waals surface area (Å²) in [6.07, 6.45) is 11.0. The molecule has 1 saturated carbocycles. The van der Waals surface area contributed by atoms with Crippen molar-refractivity contribution >= 4 is 0 Å². The molecule has 1 heteroatoms. The minimum atomic E-state index is 0.295. The summed E-state index contributed by atoms with van der Waals surface area (Å²) >= 11 is 0. The predicted octanol–water partition coefficient (Wildman–Crippen LogP) is 3.80. The van der Waals surface area contributed by atoms with Gasteiger partial charge in [0.2, 0.25) is 0 Å². The first-order valence-corrected chi connectivity index (χ1v) is 7.62. The SMILES string of the molecule is NCC1(CC2CCCC2)CCCc2ccccc21. The summed E-state index contributed by atoms with van der Waals surface area (Å²) in [5.41, 5.74) is 9.66. The summed E-state index contributed by atoms with van der Waals surface area (Å²) in [7, 11) is 0. The van der Waals surface area contributed by atoms with Crippen LogP contribution in [0.25, 0.3) is 0 Å². The number of benzene rings is 1. The molecule has 0 saturated heterocycles. The molecular weight excluding hydrogens is 218 g/mol. The van der Waals surface area contributed by atoms with Gasteiger partial charge in [-0.1, -0.05) is 49.9 Å². The average Bonchev–Trinajstić information content (AvgIpc) is 2.92. The van der Waals surface area contributed by atoms with E-state index in [1.165, 1.54) is 51.4 Å². The maximum Gasteiger partial charge on any atom is 0.00810 e. The molecule has 1 nitrogen and oxygen atoms in total. The third kappa shape index (κ3) is 2.09. The topological polar surface area (TPSA) is 26.0 Å². The van der Waals surface area contributed by atoms with Gasteiger partial charge in [0.1, 0.15) is 0 Å². The summed E-state index contributed by atoms with van der Waals surface area (Å²) in [4.78, 5) is 0. The first-order valence-electron chi connectivity index (χ1n) is 7.62. The van der Waals surface area contributed by atoms with Crippen LogP contribution in [0.3, 0.4) is 0 Å². The summed E-state index contributed by atoms with van der Waals surface area (Å²) in [6.45, 7) is 0.834. The normalized spacial score (nSPS) is 28.3. The highest BCUT2D eigenvalue weighted by Gasteiger charge is 2.37. The van der Waals surface area contributed by atoms with E-state index in [0.29, 0.717) is 5.41 Å². The molecule has 0 radical (unpaired) electrons. The molecule has 0 amide bonds. The van der Waals surface area contributed by atoms with Crippen molar-refractivity contribution in [2.75, 3.05) is 6.54 Å². The van der Waals surface area contributed by atoms with Crippen LogP contribution in [0, 0.1) is 5.92 Å². The Morgan fingerprint density at radius 2 is 1.89 bits per heavy atom. The Labute approximate surface area is 111 Å². The second kappa shape index (κ2) is 5.05. The van der Waals surface area contributed by atoms with Crippen LogP contribution in [-0.4, -0.2) is 6.54 Å². The maximum absolute atomic E-state index is 6.23. The largest absolute Gasteiger partial charge is 0.330 e. The second-order valence-corrected chi connectivity index (χ2v) is 6.35. The lowest BCUT2D eigenvalue weighted by atomic mass is 9.65. The van der Waals surface area contributed by atoms with Gasteiger partial charge in [-0.15, -0.1) is 0 Å². The van der Waals surface area contributed by atoms with Gasteiger partial charge in [-0.25, -0.2) is 0 Å². The number of rotatable bonds is 3. The highest BCUT2D eigenvalue weighted by molar-refractivity contribution is 5.37. The molecule has 3 rings (SSSR count). The molecular formula is C17H25N. The summed E-state index contributed by atoms with van der Waals surface area (Å²) in [5.74, 6) is 0.930. The Bertz CT molecular complexity index is 406. The lowest BCUT2D eigenvalue weighted by molar-refractivity contribution is 0.284. The van der Waals surface area contributed by atoms with Gasteiger partial charge in [-0.3, -0.25) is 0 Å². The predicted molar refractivity (Wildman–Crippen MR) is 76.7 cm³/mol. The summed E-state index contributed by atoms with van der Waals surface area (Å²) < 4.78 is 0. The molecule has 98 valence electrons. The van der Waals surface area contributed by atoms with Crippen LogP contribution < -0.4 is 5.73 Å². The Morgan fingerprint density at radius 1 is 1.11 bits per heavy atom. The molecule has 1 aromatic rings. The van der Waals surface area contributed by atoms with Crippen LogP contribution >= 0.6 is 0 Å². The van der Waals surface area contributed by atoms with Gasteiger partial charge in [-0.05, 0) is 42.7 Å². The van der Waals surface area contributed by atoms with Crippen LogP contribution in [0.5, 0.6) is 0 Å². The Hall–Kier alpha value is -0.820. The zero-order valence-corrected chi connectivity index (χ0v) is 11.3. The molecule has 0 spiro atoms. The van der Waals surface area contributed by atoms with E-state index in [-0.39, 0.29) is 0 Å². The number of hydrogen-bond donors (Lipinski definition) is 1. The highest BCUT2D eigenvalue weighted by atomic mass is 14.6. The zero-order valence-electron chi connectivity index (χ0n) is 11.3. The zero-order chi connectivity index (χ0) is 12.4. The summed E-state index contributed by atoms with van der Waals surface area (Å²) in [6, 6.07) is 9.04. The standard InChI is InChI=1S/C17H25N/c18-13-17(12-14-6-1-2-7-14)11-5-9-15-8-3-4-10-16(15)17/h3-4,8,10,14H,1-2,5-7,9,11-13,18H2. The van der Waals surface area contributed by atoms with Gasteiger partial charge in [0, 0.05) is 12.0 Å². The molecule has 1 aromatic carbocycles. The lowest BCUT2D eigenvalue weighted by Gasteiger charge is -2.40. The minimum Gasteiger partial charge on any atom is -0.330 e. The third-order valence-corrected chi connectivity index (χ3v) is 5.24. The van der Waals surface area contributed by atoms with Crippen molar-refractivity contribution < 1.29 is 0 Å². The molecule has 1 fully saturated rings. The average molecular weight is 243 g/mol. The van der Waals surface area contributed by atoms with E-state index in [1.54, 1.807) is 11.1 Å². The van der Waals surface area contributed by atoms with Crippen molar-refractivity contribution in [3.63, 3.8) is 0 Å². The van der Waals surface area contributed by atoms with Crippen molar-refractivity contribution in [1.82, 2.24) is 0 Å². The fourth-order valence-corrected chi connectivity index (χ4v) is 4.28. The van der Waals surface area contributed by atoms with Gasteiger partial charge in [-0.2, -0.15) is 0 Å². The van der Waals surface area contributed by atoms with E-state index < -0.39 is 0 Å². The number of fused-ring (bicyclic) bond motifs is 1. The van der Waals surface area contributed by atoms with E-state index in [9.17, 15) is 0 Å². The molecule has 2 aliphatic carbocycles. The fourth-order valence-electron chi connectivity index (χ4n) is 4.28. The highest BCUT2D eigenvalue weighted by Crippen LogP contribution is 2.44. The molecule has 0 aliphatic heterocycles. The van der Waals surface area contributed by atoms with Gasteiger partial charge in [0.15, 0.2) is 0 Å². The molecule has 0 bridgehead atoms. The van der Waals surface area contributed by atoms with E-state index in [0.717, 1.165) is 12.5 Å². The van der Waals surface area contributed by atoms with Crippen LogP contribution in [0.1, 0.15) is 56.1 Å². The molecule has 1 atom stereocenters. The van der Waals surface area contributed by atoms with Crippen LogP contribution in [-0.2, 0) is 11.8 Å². The quantitative estimate of drug-likeness (QED) is 0.858. The van der Waals surface area contributed by atoms with E-state index in [4.69, 9.17) is 5.73 Å². The molecule has 1 unspecified atom stereocenters.